The second-order valence-electron chi connectivity index (χ2n) is 7.55. The molecule has 3 N–H and O–H groups in total. The van der Waals surface area contributed by atoms with E-state index in [-0.39, 0.29) is 22.7 Å². The molecule has 1 unspecified atom stereocenters. The molecule has 2 aliphatic carbocycles. The van der Waals surface area contributed by atoms with Crippen molar-refractivity contribution in [3.63, 3.8) is 0 Å². The topological polar surface area (TPSA) is 55.1 Å². The zero-order valence-corrected chi connectivity index (χ0v) is 12.9. The lowest BCUT2D eigenvalue weighted by atomic mass is 9.68. The minimum Gasteiger partial charge on any atom is -0.379 e. The SMILES string of the molecule is CC1(C)C(Nc2cc(C(N)=O)ccc2F)[C@]2(C)CC[C@H]1C2. The van der Waals surface area contributed by atoms with Crippen LogP contribution < -0.4 is 11.1 Å². The lowest BCUT2D eigenvalue weighted by Crippen LogP contribution is -2.46. The zero-order valence-electron chi connectivity index (χ0n) is 12.9. The summed E-state index contributed by atoms with van der Waals surface area (Å²) in [5, 5.41) is 3.38. The standard InChI is InChI=1S/C17H23FN2O/c1-16(2)11-6-7-17(3,9-11)15(16)20-13-8-10(14(19)21)4-5-12(13)18/h4-5,8,11,15,20H,6-7,9H2,1-3H3,(H2,19,21)/t11-,15?,17+/m0/s1. The zero-order chi connectivity index (χ0) is 15.4. The molecule has 0 spiro atoms. The average molecular weight is 290 g/mol. The molecule has 1 aromatic rings. The van der Waals surface area contributed by atoms with E-state index < -0.39 is 5.91 Å². The van der Waals surface area contributed by atoms with Gasteiger partial charge in [0, 0.05) is 11.6 Å². The van der Waals surface area contributed by atoms with Crippen molar-refractivity contribution in [2.75, 3.05) is 5.32 Å². The van der Waals surface area contributed by atoms with E-state index in [0.29, 0.717) is 17.2 Å². The summed E-state index contributed by atoms with van der Waals surface area (Å²) in [6.45, 7) is 6.81. The molecule has 21 heavy (non-hydrogen) atoms. The van der Waals surface area contributed by atoms with E-state index >= 15 is 0 Å². The predicted octanol–water partition coefficient (Wildman–Crippen LogP) is 3.55. The van der Waals surface area contributed by atoms with Crippen LogP contribution in [0.2, 0.25) is 0 Å². The summed E-state index contributed by atoms with van der Waals surface area (Å²) in [6.07, 6.45) is 3.62. The Labute approximate surface area is 125 Å². The maximum atomic E-state index is 14.1. The van der Waals surface area contributed by atoms with Crippen LogP contribution in [0.5, 0.6) is 0 Å². The van der Waals surface area contributed by atoms with Crippen LogP contribution in [0.1, 0.15) is 50.4 Å². The molecule has 0 heterocycles. The number of amides is 1. The molecule has 1 aromatic carbocycles. The molecule has 3 rings (SSSR count). The van der Waals surface area contributed by atoms with Crippen LogP contribution in [0.3, 0.4) is 0 Å². The number of carbonyl (C=O) groups excluding carboxylic acids is 1. The van der Waals surface area contributed by atoms with E-state index in [1.54, 1.807) is 0 Å². The molecule has 0 aromatic heterocycles. The smallest absolute Gasteiger partial charge is 0.248 e. The van der Waals surface area contributed by atoms with E-state index in [1.807, 2.05) is 0 Å². The molecule has 0 saturated heterocycles. The van der Waals surface area contributed by atoms with Gasteiger partial charge < -0.3 is 11.1 Å². The highest BCUT2D eigenvalue weighted by Crippen LogP contribution is 2.63. The third-order valence-corrected chi connectivity index (χ3v) is 5.82. The second-order valence-corrected chi connectivity index (χ2v) is 7.55. The van der Waals surface area contributed by atoms with E-state index in [0.717, 1.165) is 0 Å². The number of halogens is 1. The number of nitrogens with one attached hydrogen (secondary N) is 1. The summed E-state index contributed by atoms with van der Waals surface area (Å²) < 4.78 is 14.1. The molecular formula is C17H23FN2O. The number of anilines is 1. The van der Waals surface area contributed by atoms with Crippen molar-refractivity contribution in [1.29, 1.82) is 0 Å². The van der Waals surface area contributed by atoms with Gasteiger partial charge in [-0.2, -0.15) is 0 Å². The second kappa shape index (κ2) is 4.46. The summed E-state index contributed by atoms with van der Waals surface area (Å²) in [6, 6.07) is 4.48. The van der Waals surface area contributed by atoms with Gasteiger partial charge in [-0.3, -0.25) is 4.79 Å². The quantitative estimate of drug-likeness (QED) is 0.894. The first-order valence-corrected chi connectivity index (χ1v) is 7.60. The van der Waals surface area contributed by atoms with Crippen molar-refractivity contribution in [3.05, 3.63) is 29.6 Å². The van der Waals surface area contributed by atoms with Crippen molar-refractivity contribution in [2.45, 2.75) is 46.1 Å². The number of carbonyl (C=O) groups is 1. The number of hydrogen-bond donors (Lipinski definition) is 2. The summed E-state index contributed by atoms with van der Waals surface area (Å²) in [7, 11) is 0. The summed E-state index contributed by atoms with van der Waals surface area (Å²) in [5.41, 5.74) is 6.34. The Balaban J connectivity index is 1.93. The van der Waals surface area contributed by atoms with Crippen LogP contribution in [0.4, 0.5) is 10.1 Å². The Hall–Kier alpha value is -1.58. The molecule has 2 saturated carbocycles. The van der Waals surface area contributed by atoms with Crippen LogP contribution in [-0.2, 0) is 0 Å². The van der Waals surface area contributed by atoms with Gasteiger partial charge in [-0.15, -0.1) is 0 Å². The number of primary amides is 1. The average Bonchev–Trinajstić information content (AvgIpc) is 2.87. The lowest BCUT2D eigenvalue weighted by Gasteiger charge is -2.43. The van der Waals surface area contributed by atoms with E-state index in [2.05, 4.69) is 26.1 Å². The number of rotatable bonds is 3. The maximum absolute atomic E-state index is 14.1. The van der Waals surface area contributed by atoms with Gasteiger partial charge >= 0.3 is 0 Å². The minimum absolute atomic E-state index is 0.127. The van der Waals surface area contributed by atoms with Crippen LogP contribution in [0, 0.1) is 22.6 Å². The lowest BCUT2D eigenvalue weighted by molar-refractivity contribution is 0.100. The van der Waals surface area contributed by atoms with Gasteiger partial charge in [0.05, 0.1) is 5.69 Å². The van der Waals surface area contributed by atoms with Crippen LogP contribution in [-0.4, -0.2) is 11.9 Å². The summed E-state index contributed by atoms with van der Waals surface area (Å²) in [5.74, 6) is -0.180. The number of benzene rings is 1. The fourth-order valence-corrected chi connectivity index (χ4v) is 4.61. The number of nitrogens with two attached hydrogens (primary N) is 1. The molecule has 2 bridgehead atoms. The van der Waals surface area contributed by atoms with Gasteiger partial charge in [0.25, 0.3) is 0 Å². The third-order valence-electron chi connectivity index (χ3n) is 5.82. The van der Waals surface area contributed by atoms with Gasteiger partial charge in [0.15, 0.2) is 0 Å². The van der Waals surface area contributed by atoms with Crippen molar-refractivity contribution in [2.24, 2.45) is 22.5 Å². The molecule has 0 aliphatic heterocycles. The first-order chi connectivity index (χ1) is 9.74. The van der Waals surface area contributed by atoms with Crippen LogP contribution in [0.15, 0.2) is 18.2 Å². The van der Waals surface area contributed by atoms with Crippen molar-refractivity contribution in [3.8, 4) is 0 Å². The Bertz CT molecular complexity index is 594. The fraction of sp³-hybridized carbons (Fsp3) is 0.588. The monoisotopic (exact) mass is 290 g/mol. The van der Waals surface area contributed by atoms with Gasteiger partial charge in [-0.25, -0.2) is 4.39 Å². The highest BCUT2D eigenvalue weighted by atomic mass is 19.1. The van der Waals surface area contributed by atoms with Gasteiger partial charge in [0.1, 0.15) is 5.82 Å². The van der Waals surface area contributed by atoms with Crippen LogP contribution >= 0.6 is 0 Å². The Morgan fingerprint density at radius 1 is 1.38 bits per heavy atom. The van der Waals surface area contributed by atoms with E-state index in [4.69, 9.17) is 5.73 Å². The van der Waals surface area contributed by atoms with Gasteiger partial charge in [-0.1, -0.05) is 20.8 Å². The molecule has 0 radical (unpaired) electrons. The highest BCUT2D eigenvalue weighted by Gasteiger charge is 2.59. The van der Waals surface area contributed by atoms with Crippen LogP contribution in [0.25, 0.3) is 0 Å². The van der Waals surface area contributed by atoms with Gasteiger partial charge in [-0.05, 0) is 54.2 Å². The largest absolute Gasteiger partial charge is 0.379 e. The van der Waals surface area contributed by atoms with Crippen molar-refractivity contribution >= 4 is 11.6 Å². The van der Waals surface area contributed by atoms with Crippen molar-refractivity contribution in [1.82, 2.24) is 0 Å². The first-order valence-electron chi connectivity index (χ1n) is 7.60. The Morgan fingerprint density at radius 2 is 2.10 bits per heavy atom. The number of fused-ring (bicyclic) bond motifs is 2. The third kappa shape index (κ3) is 2.12. The van der Waals surface area contributed by atoms with E-state index in [9.17, 15) is 9.18 Å². The molecule has 2 aliphatic rings. The minimum atomic E-state index is -0.531. The molecule has 3 nitrogen and oxygen atoms in total. The van der Waals surface area contributed by atoms with Gasteiger partial charge in [0.2, 0.25) is 5.91 Å². The first kappa shape index (κ1) is 14.4. The molecule has 1 amide bonds. The Kier molecular flexibility index (Phi) is 3.05. The van der Waals surface area contributed by atoms with E-state index in [1.165, 1.54) is 37.5 Å². The van der Waals surface area contributed by atoms with Crippen molar-refractivity contribution < 1.29 is 9.18 Å². The maximum Gasteiger partial charge on any atom is 0.248 e. The molecule has 2 fully saturated rings. The molecule has 3 atom stereocenters. The molecule has 4 heteroatoms. The normalized spacial score (nSPS) is 33.1. The Morgan fingerprint density at radius 3 is 2.67 bits per heavy atom. The highest BCUT2D eigenvalue weighted by molar-refractivity contribution is 5.93. The molecular weight excluding hydrogens is 267 g/mol. The fourth-order valence-electron chi connectivity index (χ4n) is 4.61. The molecule has 114 valence electrons. The summed E-state index contributed by atoms with van der Waals surface area (Å²) in [4.78, 5) is 11.3. The summed E-state index contributed by atoms with van der Waals surface area (Å²) >= 11 is 0. The number of hydrogen-bond acceptors (Lipinski definition) is 2. The predicted molar refractivity (Wildman–Crippen MR) is 81.6 cm³/mol.